The lowest BCUT2D eigenvalue weighted by molar-refractivity contribution is -0.135. The van der Waals surface area contributed by atoms with Gasteiger partial charge in [0.05, 0.1) is 5.41 Å². The SMILES string of the molecule is CCCN1CCC2(CCN(Cc3c[nH]c4ncccc34)C2)C1=O. The summed E-state index contributed by atoms with van der Waals surface area (Å²) in [4.78, 5) is 24.9. The van der Waals surface area contributed by atoms with Gasteiger partial charge in [-0.1, -0.05) is 6.92 Å². The number of aromatic nitrogens is 2. The second-order valence-corrected chi connectivity index (χ2v) is 7.00. The Labute approximate surface area is 136 Å². The summed E-state index contributed by atoms with van der Waals surface area (Å²) in [5, 5.41) is 1.19. The van der Waals surface area contributed by atoms with Crippen LogP contribution in [-0.2, 0) is 11.3 Å². The van der Waals surface area contributed by atoms with Crippen molar-refractivity contribution >= 4 is 16.9 Å². The summed E-state index contributed by atoms with van der Waals surface area (Å²) < 4.78 is 0. The molecule has 2 aliphatic heterocycles. The minimum Gasteiger partial charge on any atom is -0.346 e. The van der Waals surface area contributed by atoms with Gasteiger partial charge < -0.3 is 9.88 Å². The highest BCUT2D eigenvalue weighted by Gasteiger charge is 2.50. The number of amides is 1. The highest BCUT2D eigenvalue weighted by Crippen LogP contribution is 2.41. The molecule has 2 aromatic heterocycles. The molecular weight excluding hydrogens is 288 g/mol. The van der Waals surface area contributed by atoms with Crippen LogP contribution in [-0.4, -0.2) is 51.9 Å². The third-order valence-corrected chi connectivity index (χ3v) is 5.46. The molecule has 1 amide bonds. The molecule has 23 heavy (non-hydrogen) atoms. The zero-order valence-corrected chi connectivity index (χ0v) is 13.7. The van der Waals surface area contributed by atoms with Crippen LogP contribution < -0.4 is 0 Å². The van der Waals surface area contributed by atoms with Gasteiger partial charge in [0.15, 0.2) is 0 Å². The third kappa shape index (κ3) is 2.43. The van der Waals surface area contributed by atoms with Gasteiger partial charge in [-0.25, -0.2) is 4.98 Å². The second kappa shape index (κ2) is 5.64. The highest BCUT2D eigenvalue weighted by atomic mass is 16.2. The van der Waals surface area contributed by atoms with Crippen molar-refractivity contribution in [3.63, 3.8) is 0 Å². The number of nitrogens with one attached hydrogen (secondary N) is 1. The summed E-state index contributed by atoms with van der Waals surface area (Å²) in [5.41, 5.74) is 2.11. The zero-order valence-electron chi connectivity index (χ0n) is 13.7. The Morgan fingerprint density at radius 1 is 1.35 bits per heavy atom. The van der Waals surface area contributed by atoms with Crippen molar-refractivity contribution < 1.29 is 4.79 Å². The number of likely N-dealkylation sites (tertiary alicyclic amines) is 2. The van der Waals surface area contributed by atoms with Gasteiger partial charge in [0.1, 0.15) is 5.65 Å². The van der Waals surface area contributed by atoms with Crippen LogP contribution in [0, 0.1) is 5.41 Å². The van der Waals surface area contributed by atoms with Gasteiger partial charge in [0.25, 0.3) is 0 Å². The molecule has 5 nitrogen and oxygen atoms in total. The van der Waals surface area contributed by atoms with Crippen LogP contribution in [0.5, 0.6) is 0 Å². The Morgan fingerprint density at radius 2 is 2.22 bits per heavy atom. The molecule has 122 valence electrons. The van der Waals surface area contributed by atoms with Crippen LogP contribution in [0.2, 0.25) is 0 Å². The number of carbonyl (C=O) groups excluding carboxylic acids is 1. The van der Waals surface area contributed by atoms with Gasteiger partial charge in [-0.05, 0) is 43.5 Å². The van der Waals surface area contributed by atoms with E-state index in [1.165, 1.54) is 10.9 Å². The van der Waals surface area contributed by atoms with E-state index < -0.39 is 0 Å². The number of carbonyl (C=O) groups is 1. The molecule has 0 bridgehead atoms. The molecule has 1 spiro atoms. The number of nitrogens with zero attached hydrogens (tertiary/aromatic N) is 3. The van der Waals surface area contributed by atoms with E-state index in [4.69, 9.17) is 0 Å². The quantitative estimate of drug-likeness (QED) is 0.943. The molecule has 2 aromatic rings. The van der Waals surface area contributed by atoms with Crippen molar-refractivity contribution in [3.05, 3.63) is 30.1 Å². The summed E-state index contributed by atoms with van der Waals surface area (Å²) in [7, 11) is 0. The molecule has 4 rings (SSSR count). The number of hydrogen-bond acceptors (Lipinski definition) is 3. The topological polar surface area (TPSA) is 52.2 Å². The normalized spacial score (nSPS) is 25.3. The summed E-state index contributed by atoms with van der Waals surface area (Å²) >= 11 is 0. The van der Waals surface area contributed by atoms with Crippen LogP contribution >= 0.6 is 0 Å². The van der Waals surface area contributed by atoms with E-state index in [0.29, 0.717) is 5.91 Å². The first-order valence-corrected chi connectivity index (χ1v) is 8.64. The largest absolute Gasteiger partial charge is 0.346 e. The number of hydrogen-bond donors (Lipinski definition) is 1. The van der Waals surface area contributed by atoms with Crippen molar-refractivity contribution in [1.29, 1.82) is 0 Å². The molecule has 1 unspecified atom stereocenters. The smallest absolute Gasteiger partial charge is 0.230 e. The molecule has 2 fully saturated rings. The van der Waals surface area contributed by atoms with Crippen LogP contribution in [0.1, 0.15) is 31.7 Å². The van der Waals surface area contributed by atoms with Crippen LogP contribution in [0.25, 0.3) is 11.0 Å². The Kier molecular flexibility index (Phi) is 3.60. The molecular formula is C18H24N4O. The van der Waals surface area contributed by atoms with Gasteiger partial charge in [0, 0.05) is 44.0 Å². The molecule has 0 aliphatic carbocycles. The predicted molar refractivity (Wildman–Crippen MR) is 89.9 cm³/mol. The van der Waals surface area contributed by atoms with Crippen molar-refractivity contribution in [2.45, 2.75) is 32.7 Å². The zero-order chi connectivity index (χ0) is 15.9. The average Bonchev–Trinajstić information content (AvgIpc) is 3.24. The Morgan fingerprint density at radius 3 is 3.09 bits per heavy atom. The summed E-state index contributed by atoms with van der Waals surface area (Å²) in [5.74, 6) is 0.391. The Hall–Kier alpha value is -1.88. The molecule has 0 radical (unpaired) electrons. The predicted octanol–water partition coefficient (Wildman–Crippen LogP) is 2.40. The van der Waals surface area contributed by atoms with Crippen molar-refractivity contribution in [2.24, 2.45) is 5.41 Å². The van der Waals surface area contributed by atoms with Crippen molar-refractivity contribution in [1.82, 2.24) is 19.8 Å². The number of H-pyrrole nitrogens is 1. The van der Waals surface area contributed by atoms with E-state index in [0.717, 1.165) is 57.6 Å². The minimum absolute atomic E-state index is 0.112. The van der Waals surface area contributed by atoms with Gasteiger partial charge in [-0.15, -0.1) is 0 Å². The first-order chi connectivity index (χ1) is 11.2. The monoisotopic (exact) mass is 312 g/mol. The fourth-order valence-electron chi connectivity index (χ4n) is 4.23. The summed E-state index contributed by atoms with van der Waals surface area (Å²) in [6.07, 6.45) is 6.95. The van der Waals surface area contributed by atoms with Gasteiger partial charge in [-0.3, -0.25) is 9.69 Å². The Bertz CT molecular complexity index is 725. The molecule has 2 saturated heterocycles. The lowest BCUT2D eigenvalue weighted by atomic mass is 9.85. The fraction of sp³-hybridized carbons (Fsp3) is 0.556. The maximum absolute atomic E-state index is 12.8. The van der Waals surface area contributed by atoms with Gasteiger partial charge in [0.2, 0.25) is 5.91 Å². The van der Waals surface area contributed by atoms with Crippen LogP contribution in [0.4, 0.5) is 0 Å². The van der Waals surface area contributed by atoms with Gasteiger partial charge >= 0.3 is 0 Å². The van der Waals surface area contributed by atoms with E-state index in [-0.39, 0.29) is 5.41 Å². The standard InChI is InChI=1S/C18H24N4O/c1-2-8-22-10-6-18(17(22)23)5-9-21(13-18)12-14-11-20-16-15(14)4-3-7-19-16/h3-4,7,11H,2,5-6,8-10,12-13H2,1H3,(H,19,20). The molecule has 2 aliphatic rings. The Balaban J connectivity index is 1.48. The van der Waals surface area contributed by atoms with Gasteiger partial charge in [-0.2, -0.15) is 0 Å². The second-order valence-electron chi connectivity index (χ2n) is 7.00. The first kappa shape index (κ1) is 14.7. The molecule has 5 heteroatoms. The lowest BCUT2D eigenvalue weighted by Crippen LogP contribution is -2.37. The van der Waals surface area contributed by atoms with Crippen LogP contribution in [0.15, 0.2) is 24.5 Å². The average molecular weight is 312 g/mol. The number of pyridine rings is 1. The highest BCUT2D eigenvalue weighted by molar-refractivity contribution is 5.85. The number of fused-ring (bicyclic) bond motifs is 1. The molecule has 1 N–H and O–H groups in total. The van der Waals surface area contributed by atoms with E-state index >= 15 is 0 Å². The fourth-order valence-corrected chi connectivity index (χ4v) is 4.23. The molecule has 0 saturated carbocycles. The molecule has 1 atom stereocenters. The van der Waals surface area contributed by atoms with Crippen molar-refractivity contribution in [3.8, 4) is 0 Å². The minimum atomic E-state index is -0.112. The van der Waals surface area contributed by atoms with Crippen molar-refractivity contribution in [2.75, 3.05) is 26.2 Å². The maximum Gasteiger partial charge on any atom is 0.230 e. The van der Waals surface area contributed by atoms with E-state index in [9.17, 15) is 4.79 Å². The first-order valence-electron chi connectivity index (χ1n) is 8.64. The van der Waals surface area contributed by atoms with E-state index in [2.05, 4.69) is 39.0 Å². The number of aromatic amines is 1. The third-order valence-electron chi connectivity index (χ3n) is 5.46. The van der Waals surface area contributed by atoms with Crippen LogP contribution in [0.3, 0.4) is 0 Å². The summed E-state index contributed by atoms with van der Waals surface area (Å²) in [6, 6.07) is 4.10. The number of rotatable bonds is 4. The maximum atomic E-state index is 12.8. The van der Waals surface area contributed by atoms with E-state index in [1.54, 1.807) is 0 Å². The van der Waals surface area contributed by atoms with E-state index in [1.807, 2.05) is 12.3 Å². The molecule has 0 aromatic carbocycles. The molecule has 4 heterocycles. The summed E-state index contributed by atoms with van der Waals surface area (Å²) in [6.45, 7) is 6.81. The lowest BCUT2D eigenvalue weighted by Gasteiger charge is -2.23.